The number of anilines is 1. The molecule has 0 aliphatic heterocycles. The molecular formula is C14H21N3O5S. The van der Waals surface area contributed by atoms with Gasteiger partial charge in [-0.1, -0.05) is 0 Å². The van der Waals surface area contributed by atoms with Gasteiger partial charge in [0.15, 0.2) is 0 Å². The fourth-order valence-corrected chi connectivity index (χ4v) is 2.96. The molecule has 1 rings (SSSR count). The van der Waals surface area contributed by atoms with Crippen LogP contribution in [0.1, 0.15) is 26.7 Å². The van der Waals surface area contributed by atoms with Gasteiger partial charge in [0.05, 0.1) is 4.90 Å². The van der Waals surface area contributed by atoms with E-state index in [4.69, 9.17) is 5.11 Å². The minimum absolute atomic E-state index is 0.0182. The molecule has 8 nitrogen and oxygen atoms in total. The van der Waals surface area contributed by atoms with Crippen molar-refractivity contribution in [1.29, 1.82) is 0 Å². The molecule has 0 aliphatic carbocycles. The highest BCUT2D eigenvalue weighted by Gasteiger charge is 2.15. The van der Waals surface area contributed by atoms with Crippen LogP contribution in [0.15, 0.2) is 29.2 Å². The largest absolute Gasteiger partial charge is 0.481 e. The molecule has 0 fully saturated rings. The quantitative estimate of drug-likeness (QED) is 0.530. The fraction of sp³-hybridized carbons (Fsp3) is 0.429. The van der Waals surface area contributed by atoms with E-state index in [1.807, 2.05) is 0 Å². The van der Waals surface area contributed by atoms with Gasteiger partial charge in [-0.05, 0) is 44.5 Å². The van der Waals surface area contributed by atoms with Gasteiger partial charge in [0, 0.05) is 24.7 Å². The van der Waals surface area contributed by atoms with E-state index in [1.165, 1.54) is 24.3 Å². The van der Waals surface area contributed by atoms with Crippen molar-refractivity contribution in [3.05, 3.63) is 24.3 Å². The summed E-state index contributed by atoms with van der Waals surface area (Å²) in [5.74, 6) is -0.918. The summed E-state index contributed by atoms with van der Waals surface area (Å²) in [6, 6.07) is 5.05. The zero-order chi connectivity index (χ0) is 17.5. The highest BCUT2D eigenvalue weighted by atomic mass is 32.2. The first kappa shape index (κ1) is 18.9. The second-order valence-electron chi connectivity index (χ2n) is 5.18. The Morgan fingerprint density at radius 3 is 2.30 bits per heavy atom. The highest BCUT2D eigenvalue weighted by molar-refractivity contribution is 7.89. The van der Waals surface area contributed by atoms with E-state index < -0.39 is 22.0 Å². The lowest BCUT2D eigenvalue weighted by Crippen LogP contribution is -2.30. The topological polar surface area (TPSA) is 125 Å². The van der Waals surface area contributed by atoms with Crippen LogP contribution in [0, 0.1) is 0 Å². The first-order valence-electron chi connectivity index (χ1n) is 7.10. The summed E-state index contributed by atoms with van der Waals surface area (Å²) in [6.45, 7) is 3.69. The van der Waals surface area contributed by atoms with Crippen LogP contribution < -0.4 is 15.4 Å². The van der Waals surface area contributed by atoms with E-state index >= 15 is 0 Å². The molecule has 0 aromatic heterocycles. The highest BCUT2D eigenvalue weighted by Crippen LogP contribution is 2.14. The molecule has 0 aliphatic rings. The van der Waals surface area contributed by atoms with Crippen LogP contribution in [-0.2, 0) is 14.8 Å². The summed E-state index contributed by atoms with van der Waals surface area (Å²) >= 11 is 0. The minimum Gasteiger partial charge on any atom is -0.481 e. The van der Waals surface area contributed by atoms with Crippen LogP contribution in [0.3, 0.4) is 0 Å². The Morgan fingerprint density at radius 1 is 1.17 bits per heavy atom. The van der Waals surface area contributed by atoms with Gasteiger partial charge in [0.25, 0.3) is 0 Å². The first-order chi connectivity index (χ1) is 10.7. The Kier molecular flexibility index (Phi) is 6.98. The van der Waals surface area contributed by atoms with Crippen molar-refractivity contribution in [2.75, 3.05) is 11.9 Å². The number of carboxylic acid groups (broad SMARTS) is 1. The molecule has 1 aromatic carbocycles. The third-order valence-electron chi connectivity index (χ3n) is 2.67. The van der Waals surface area contributed by atoms with Gasteiger partial charge in [-0.25, -0.2) is 17.9 Å². The number of sulfonamides is 1. The Bertz CT molecular complexity index is 641. The SMILES string of the molecule is CC(C)NS(=O)(=O)c1ccc(NC(=O)NCCCC(=O)O)cc1. The number of amides is 2. The molecule has 2 amide bonds. The lowest BCUT2D eigenvalue weighted by molar-refractivity contribution is -0.137. The summed E-state index contributed by atoms with van der Waals surface area (Å²) in [5, 5.41) is 13.5. The predicted octanol–water partition coefficient (Wildman–Crippen LogP) is 1.36. The standard InChI is InChI=1S/C14H21N3O5S/c1-10(2)17-23(21,22)12-7-5-11(6-8-12)16-14(20)15-9-3-4-13(18)19/h5-8,10,17H,3-4,9H2,1-2H3,(H,18,19)(H2,15,16,20). The Labute approximate surface area is 135 Å². The Morgan fingerprint density at radius 2 is 1.78 bits per heavy atom. The van der Waals surface area contributed by atoms with Crippen LogP contribution >= 0.6 is 0 Å². The number of urea groups is 1. The van der Waals surface area contributed by atoms with Crippen LogP contribution in [0.4, 0.5) is 10.5 Å². The first-order valence-corrected chi connectivity index (χ1v) is 8.58. The maximum absolute atomic E-state index is 11.9. The maximum atomic E-state index is 11.9. The van der Waals surface area contributed by atoms with Gasteiger partial charge in [0.2, 0.25) is 10.0 Å². The summed E-state index contributed by atoms with van der Waals surface area (Å²) in [6.07, 6.45) is 0.316. The van der Waals surface area contributed by atoms with Crippen molar-refractivity contribution >= 4 is 27.7 Å². The number of carbonyl (C=O) groups is 2. The molecule has 0 saturated heterocycles. The van der Waals surface area contributed by atoms with Crippen LogP contribution in [0.25, 0.3) is 0 Å². The molecule has 23 heavy (non-hydrogen) atoms. The van der Waals surface area contributed by atoms with Gasteiger partial charge >= 0.3 is 12.0 Å². The molecule has 9 heteroatoms. The van der Waals surface area contributed by atoms with E-state index in [-0.39, 0.29) is 23.9 Å². The van der Waals surface area contributed by atoms with Gasteiger partial charge < -0.3 is 15.7 Å². The van der Waals surface area contributed by atoms with E-state index in [2.05, 4.69) is 15.4 Å². The monoisotopic (exact) mass is 343 g/mol. The number of aliphatic carboxylic acids is 1. The maximum Gasteiger partial charge on any atom is 0.319 e. The summed E-state index contributed by atoms with van der Waals surface area (Å²) < 4.78 is 26.4. The predicted molar refractivity (Wildman–Crippen MR) is 85.8 cm³/mol. The fourth-order valence-electron chi connectivity index (χ4n) is 1.71. The number of carboxylic acids is 1. The molecule has 0 heterocycles. The molecule has 1 aromatic rings. The smallest absolute Gasteiger partial charge is 0.319 e. The van der Waals surface area contributed by atoms with Gasteiger partial charge in [-0.15, -0.1) is 0 Å². The van der Waals surface area contributed by atoms with Crippen molar-refractivity contribution in [2.45, 2.75) is 37.6 Å². The number of nitrogens with one attached hydrogen (secondary N) is 3. The average molecular weight is 343 g/mol. The van der Waals surface area contributed by atoms with Crippen molar-refractivity contribution in [2.24, 2.45) is 0 Å². The minimum atomic E-state index is -3.56. The number of hydrogen-bond donors (Lipinski definition) is 4. The molecule has 0 radical (unpaired) electrons. The summed E-state index contributed by atoms with van der Waals surface area (Å²) in [7, 11) is -3.56. The van der Waals surface area contributed by atoms with Crippen LogP contribution in [0.2, 0.25) is 0 Å². The van der Waals surface area contributed by atoms with E-state index in [0.29, 0.717) is 12.1 Å². The van der Waals surface area contributed by atoms with Crippen molar-refractivity contribution in [3.63, 3.8) is 0 Å². The zero-order valence-electron chi connectivity index (χ0n) is 13.0. The Hall–Kier alpha value is -2.13. The van der Waals surface area contributed by atoms with Gasteiger partial charge in [-0.2, -0.15) is 0 Å². The van der Waals surface area contributed by atoms with Crippen molar-refractivity contribution in [3.8, 4) is 0 Å². The van der Waals surface area contributed by atoms with Gasteiger partial charge in [-0.3, -0.25) is 4.79 Å². The molecule has 128 valence electrons. The molecule has 0 spiro atoms. The molecule has 0 bridgehead atoms. The van der Waals surface area contributed by atoms with Crippen LogP contribution in [-0.4, -0.2) is 38.1 Å². The van der Waals surface area contributed by atoms with E-state index in [9.17, 15) is 18.0 Å². The average Bonchev–Trinajstić information content (AvgIpc) is 2.42. The van der Waals surface area contributed by atoms with Crippen molar-refractivity contribution in [1.82, 2.24) is 10.0 Å². The number of hydrogen-bond acceptors (Lipinski definition) is 4. The normalized spacial score (nSPS) is 11.3. The third-order valence-corrected chi connectivity index (χ3v) is 4.34. The van der Waals surface area contributed by atoms with E-state index in [1.54, 1.807) is 13.8 Å². The number of carbonyl (C=O) groups excluding carboxylic acids is 1. The van der Waals surface area contributed by atoms with Crippen molar-refractivity contribution < 1.29 is 23.1 Å². The summed E-state index contributed by atoms with van der Waals surface area (Å²) in [5.41, 5.74) is 0.434. The molecule has 0 atom stereocenters. The number of benzene rings is 1. The molecule has 4 N–H and O–H groups in total. The second-order valence-corrected chi connectivity index (χ2v) is 6.89. The van der Waals surface area contributed by atoms with Gasteiger partial charge in [0.1, 0.15) is 0 Å². The Balaban J connectivity index is 2.54. The second kappa shape index (κ2) is 8.49. The lowest BCUT2D eigenvalue weighted by atomic mass is 10.3. The van der Waals surface area contributed by atoms with Crippen LogP contribution in [0.5, 0.6) is 0 Å². The molecule has 0 unspecified atom stereocenters. The molecule has 0 saturated carbocycles. The number of rotatable bonds is 8. The summed E-state index contributed by atoms with van der Waals surface area (Å²) in [4.78, 5) is 22.0. The molecular weight excluding hydrogens is 322 g/mol. The lowest BCUT2D eigenvalue weighted by Gasteiger charge is -2.11. The third kappa shape index (κ3) is 7.11. The van der Waals surface area contributed by atoms with E-state index in [0.717, 1.165) is 0 Å². The zero-order valence-corrected chi connectivity index (χ0v) is 13.8.